The number of benzene rings is 1. The minimum Gasteiger partial charge on any atom is -0.472 e. The highest BCUT2D eigenvalue weighted by Crippen LogP contribution is 2.31. The van der Waals surface area contributed by atoms with Gasteiger partial charge in [-0.1, -0.05) is 18.2 Å². The van der Waals surface area contributed by atoms with Crippen LogP contribution in [0, 0.1) is 0 Å². The molecule has 0 unspecified atom stereocenters. The van der Waals surface area contributed by atoms with Crippen molar-refractivity contribution in [2.75, 3.05) is 13.4 Å². The summed E-state index contributed by atoms with van der Waals surface area (Å²) < 4.78 is 37.7. The molecule has 1 aliphatic rings. The van der Waals surface area contributed by atoms with E-state index in [-0.39, 0.29) is 22.3 Å². The molecule has 1 aromatic carbocycles. The number of aromatic nitrogens is 1. The molecule has 8 heteroatoms. The number of hydrogen-bond acceptors (Lipinski definition) is 7. The maximum absolute atomic E-state index is 11.9. The fraction of sp³-hybridized carbons (Fsp3) is 0.375. The molecule has 1 aromatic heterocycles. The average Bonchev–Trinajstić information content (AvgIpc) is 3.17. The van der Waals surface area contributed by atoms with E-state index in [1.165, 1.54) is 18.2 Å². The van der Waals surface area contributed by atoms with Gasteiger partial charge in [0.25, 0.3) is 0 Å². The van der Waals surface area contributed by atoms with E-state index in [0.717, 1.165) is 42.6 Å². The lowest BCUT2D eigenvalue weighted by Crippen LogP contribution is -2.09. The third-order valence-electron chi connectivity index (χ3n) is 3.89. The van der Waals surface area contributed by atoms with Crippen LogP contribution in [0.15, 0.2) is 22.4 Å². The van der Waals surface area contributed by atoms with Crippen LogP contribution in [0.25, 0.3) is 0 Å². The molecule has 2 aromatic rings. The van der Waals surface area contributed by atoms with Gasteiger partial charge in [0.1, 0.15) is 6.61 Å². The lowest BCUT2D eigenvalue weighted by molar-refractivity contribution is 0.0591. The van der Waals surface area contributed by atoms with Gasteiger partial charge in [0.15, 0.2) is 19.6 Å². The van der Waals surface area contributed by atoms with Gasteiger partial charge in [0.2, 0.25) is 5.88 Å². The first-order chi connectivity index (χ1) is 11.4. The summed E-state index contributed by atoms with van der Waals surface area (Å²) in [4.78, 5) is 11.9. The van der Waals surface area contributed by atoms with E-state index in [0.29, 0.717) is 0 Å². The zero-order valence-electron chi connectivity index (χ0n) is 13.4. The number of nitrogens with zero attached hydrogens (tertiary/aromatic N) is 1. The molecule has 1 heterocycles. The number of ether oxygens (including phenoxy) is 2. The standard InChI is InChI=1S/C16H17NO5S2/c1-21-15(18)13-14(17-23-16(13)24(2,19)20)22-9-10-6-7-11-4-3-5-12(11)8-10/h6-8H,3-5,9H2,1-2H3. The predicted molar refractivity (Wildman–Crippen MR) is 89.4 cm³/mol. The van der Waals surface area contributed by atoms with Crippen LogP contribution in [0.3, 0.4) is 0 Å². The van der Waals surface area contributed by atoms with Crippen molar-refractivity contribution in [3.63, 3.8) is 0 Å². The van der Waals surface area contributed by atoms with E-state index in [2.05, 4.69) is 21.2 Å². The number of carbonyl (C=O) groups excluding carboxylic acids is 1. The zero-order valence-corrected chi connectivity index (χ0v) is 15.0. The van der Waals surface area contributed by atoms with E-state index in [1.54, 1.807) is 0 Å². The molecule has 0 spiro atoms. The van der Waals surface area contributed by atoms with Crippen LogP contribution in [0.5, 0.6) is 5.88 Å². The summed E-state index contributed by atoms with van der Waals surface area (Å²) in [5, 5.41) is 0. The molecule has 24 heavy (non-hydrogen) atoms. The number of fused-ring (bicyclic) bond motifs is 1. The third kappa shape index (κ3) is 3.29. The van der Waals surface area contributed by atoms with Crippen molar-refractivity contribution in [1.29, 1.82) is 0 Å². The molecule has 0 atom stereocenters. The van der Waals surface area contributed by atoms with Crippen LogP contribution in [0.2, 0.25) is 0 Å². The van der Waals surface area contributed by atoms with Gasteiger partial charge in [-0.25, -0.2) is 13.2 Å². The van der Waals surface area contributed by atoms with Crippen LogP contribution in [0.4, 0.5) is 0 Å². The fourth-order valence-corrected chi connectivity index (χ4v) is 4.52. The summed E-state index contributed by atoms with van der Waals surface area (Å²) in [6.45, 7) is 0.213. The van der Waals surface area contributed by atoms with Crippen LogP contribution >= 0.6 is 11.5 Å². The minimum atomic E-state index is -3.58. The summed E-state index contributed by atoms with van der Waals surface area (Å²) >= 11 is 0.718. The molecule has 0 saturated heterocycles. The van der Waals surface area contributed by atoms with Gasteiger partial charge in [-0.3, -0.25) is 0 Å². The molecular formula is C16H17NO5S2. The topological polar surface area (TPSA) is 82.6 Å². The SMILES string of the molecule is COC(=O)c1c(OCc2ccc3c(c2)CCC3)nsc1S(C)(=O)=O. The lowest BCUT2D eigenvalue weighted by Gasteiger charge is -2.08. The quantitative estimate of drug-likeness (QED) is 0.755. The van der Waals surface area contributed by atoms with Gasteiger partial charge < -0.3 is 9.47 Å². The first kappa shape index (κ1) is 16.9. The van der Waals surface area contributed by atoms with Gasteiger partial charge in [-0.2, -0.15) is 4.37 Å². The second-order valence-electron chi connectivity index (χ2n) is 5.66. The summed E-state index contributed by atoms with van der Waals surface area (Å²) in [7, 11) is -2.39. The predicted octanol–water partition coefficient (Wildman–Crippen LogP) is 2.40. The van der Waals surface area contributed by atoms with Gasteiger partial charge in [-0.05, 0) is 47.5 Å². The Morgan fingerprint density at radius 1 is 1.29 bits per heavy atom. The Labute approximate surface area is 144 Å². The van der Waals surface area contributed by atoms with Crippen molar-refractivity contribution in [3.8, 4) is 5.88 Å². The number of methoxy groups -OCH3 is 1. The number of hydrogen-bond donors (Lipinski definition) is 0. The van der Waals surface area contributed by atoms with Crippen molar-refractivity contribution in [2.24, 2.45) is 0 Å². The number of aryl methyl sites for hydroxylation is 2. The number of esters is 1. The Hall–Kier alpha value is -1.93. The van der Waals surface area contributed by atoms with E-state index in [1.807, 2.05) is 6.07 Å². The van der Waals surface area contributed by atoms with Gasteiger partial charge in [0.05, 0.1) is 7.11 Å². The van der Waals surface area contributed by atoms with Crippen LogP contribution < -0.4 is 4.74 Å². The van der Waals surface area contributed by atoms with E-state index in [4.69, 9.17) is 4.74 Å². The van der Waals surface area contributed by atoms with Crippen molar-refractivity contribution < 1.29 is 22.7 Å². The second-order valence-corrected chi connectivity index (χ2v) is 8.64. The number of sulfone groups is 1. The second kappa shape index (κ2) is 6.52. The van der Waals surface area contributed by atoms with Crippen LogP contribution in [0.1, 0.15) is 33.5 Å². The Kier molecular flexibility index (Phi) is 4.60. The third-order valence-corrected chi connectivity index (χ3v) is 6.53. The zero-order chi connectivity index (χ0) is 17.3. The summed E-state index contributed by atoms with van der Waals surface area (Å²) in [5.41, 5.74) is 3.51. The van der Waals surface area contributed by atoms with Gasteiger partial charge in [-0.15, -0.1) is 0 Å². The Morgan fingerprint density at radius 3 is 2.75 bits per heavy atom. The van der Waals surface area contributed by atoms with E-state index >= 15 is 0 Å². The summed E-state index contributed by atoms with van der Waals surface area (Å²) in [5.74, 6) is -0.777. The van der Waals surface area contributed by atoms with Crippen molar-refractivity contribution >= 4 is 27.3 Å². The highest BCUT2D eigenvalue weighted by atomic mass is 32.2. The highest BCUT2D eigenvalue weighted by molar-refractivity contribution is 7.92. The normalized spacial score (nSPS) is 13.6. The molecule has 0 N–H and O–H groups in total. The molecule has 6 nitrogen and oxygen atoms in total. The van der Waals surface area contributed by atoms with Crippen molar-refractivity contribution in [1.82, 2.24) is 4.37 Å². The molecule has 0 aliphatic heterocycles. The van der Waals surface area contributed by atoms with E-state index < -0.39 is 15.8 Å². The first-order valence-corrected chi connectivity index (χ1v) is 10.1. The average molecular weight is 367 g/mol. The first-order valence-electron chi connectivity index (χ1n) is 7.41. The monoisotopic (exact) mass is 367 g/mol. The minimum absolute atomic E-state index is 0.00669. The molecule has 0 fully saturated rings. The Balaban J connectivity index is 1.85. The molecule has 0 bridgehead atoms. The molecule has 3 rings (SSSR count). The summed E-state index contributed by atoms with van der Waals surface area (Å²) in [6.07, 6.45) is 4.35. The number of carbonyl (C=O) groups is 1. The maximum Gasteiger partial charge on any atom is 0.345 e. The summed E-state index contributed by atoms with van der Waals surface area (Å²) in [6, 6.07) is 6.15. The number of rotatable bonds is 5. The van der Waals surface area contributed by atoms with Crippen LogP contribution in [-0.4, -0.2) is 32.1 Å². The smallest absolute Gasteiger partial charge is 0.345 e. The fourth-order valence-electron chi connectivity index (χ4n) is 2.75. The van der Waals surface area contributed by atoms with Gasteiger partial charge in [0, 0.05) is 6.26 Å². The maximum atomic E-state index is 11.9. The lowest BCUT2D eigenvalue weighted by atomic mass is 10.1. The van der Waals surface area contributed by atoms with E-state index in [9.17, 15) is 13.2 Å². The Bertz CT molecular complexity index is 886. The van der Waals surface area contributed by atoms with Crippen LogP contribution in [-0.2, 0) is 34.0 Å². The highest BCUT2D eigenvalue weighted by Gasteiger charge is 2.29. The van der Waals surface area contributed by atoms with Crippen molar-refractivity contribution in [2.45, 2.75) is 30.1 Å². The molecule has 0 saturated carbocycles. The molecule has 128 valence electrons. The molecule has 1 aliphatic carbocycles. The Morgan fingerprint density at radius 2 is 2.04 bits per heavy atom. The largest absolute Gasteiger partial charge is 0.472 e. The molecular weight excluding hydrogens is 350 g/mol. The van der Waals surface area contributed by atoms with Crippen molar-refractivity contribution in [3.05, 3.63) is 40.5 Å². The molecule has 0 amide bonds. The van der Waals surface area contributed by atoms with Gasteiger partial charge >= 0.3 is 5.97 Å². The molecule has 0 radical (unpaired) electrons.